The van der Waals surface area contributed by atoms with E-state index in [0.717, 1.165) is 48.4 Å². The van der Waals surface area contributed by atoms with Gasteiger partial charge >= 0.3 is 0 Å². The first-order valence-corrected chi connectivity index (χ1v) is 11.8. The third kappa shape index (κ3) is 5.88. The van der Waals surface area contributed by atoms with Gasteiger partial charge in [-0.3, -0.25) is 4.79 Å². The molecule has 6 nitrogen and oxygen atoms in total. The number of carbonyl (C=O) groups excluding carboxylic acids is 1. The third-order valence-corrected chi connectivity index (χ3v) is 5.81. The molecule has 7 heteroatoms. The monoisotopic (exact) mass is 477 g/mol. The molecule has 0 saturated carbocycles. The van der Waals surface area contributed by atoms with Crippen LogP contribution in [0.4, 0.5) is 0 Å². The standard InChI is InChI=1S/C27H28ClN3O3/c1-33-25-11-5-2-8-22(25)27(32)29-17-6-12-26-30-23-9-3-4-10-24(23)31(26)18-7-19-34-21-15-13-20(28)14-16-21/h2-5,8-11,13-16H,6-7,12,17-19H2,1H3,(H,29,32). The largest absolute Gasteiger partial charge is 0.496 e. The predicted octanol–water partition coefficient (Wildman–Crippen LogP) is 5.53. The minimum atomic E-state index is -0.134. The average molecular weight is 478 g/mol. The lowest BCUT2D eigenvalue weighted by Gasteiger charge is -2.11. The van der Waals surface area contributed by atoms with Gasteiger partial charge in [0.05, 0.1) is 30.3 Å². The van der Waals surface area contributed by atoms with Crippen LogP contribution in [0.2, 0.25) is 5.02 Å². The maximum absolute atomic E-state index is 12.5. The molecule has 0 radical (unpaired) electrons. The molecular formula is C27H28ClN3O3. The van der Waals surface area contributed by atoms with Crippen LogP contribution >= 0.6 is 11.6 Å². The summed E-state index contributed by atoms with van der Waals surface area (Å²) in [6.45, 7) is 1.96. The van der Waals surface area contributed by atoms with Gasteiger partial charge in [-0.15, -0.1) is 0 Å². The Morgan fingerprint density at radius 1 is 1.00 bits per heavy atom. The first-order chi connectivity index (χ1) is 16.7. The molecule has 1 heterocycles. The van der Waals surface area contributed by atoms with E-state index in [9.17, 15) is 4.79 Å². The molecule has 4 rings (SSSR count). The molecule has 0 saturated heterocycles. The third-order valence-electron chi connectivity index (χ3n) is 5.56. The van der Waals surface area contributed by atoms with E-state index in [1.807, 2.05) is 54.6 Å². The van der Waals surface area contributed by atoms with Gasteiger partial charge in [0.2, 0.25) is 0 Å². The fourth-order valence-electron chi connectivity index (χ4n) is 3.89. The number of halogens is 1. The number of imidazole rings is 1. The number of hydrogen-bond acceptors (Lipinski definition) is 4. The number of fused-ring (bicyclic) bond motifs is 1. The zero-order valence-corrected chi connectivity index (χ0v) is 19.9. The van der Waals surface area contributed by atoms with Crippen molar-refractivity contribution >= 4 is 28.5 Å². The van der Waals surface area contributed by atoms with Gasteiger partial charge in [-0.2, -0.15) is 0 Å². The summed E-state index contributed by atoms with van der Waals surface area (Å²) in [5.74, 6) is 2.26. The highest BCUT2D eigenvalue weighted by molar-refractivity contribution is 6.30. The molecule has 34 heavy (non-hydrogen) atoms. The van der Waals surface area contributed by atoms with Gasteiger partial charge in [-0.25, -0.2) is 4.98 Å². The number of nitrogens with zero attached hydrogens (tertiary/aromatic N) is 2. The number of aryl methyl sites for hydroxylation is 2. The fraction of sp³-hybridized carbons (Fsp3) is 0.259. The minimum absolute atomic E-state index is 0.134. The molecule has 1 aromatic heterocycles. The number of carbonyl (C=O) groups is 1. The van der Waals surface area contributed by atoms with Crippen molar-refractivity contribution in [2.45, 2.75) is 25.8 Å². The maximum atomic E-state index is 12.5. The zero-order chi connectivity index (χ0) is 23.8. The Hall–Kier alpha value is -3.51. The molecular weight excluding hydrogens is 450 g/mol. The fourth-order valence-corrected chi connectivity index (χ4v) is 4.01. The van der Waals surface area contributed by atoms with Crippen LogP contribution in [0.5, 0.6) is 11.5 Å². The van der Waals surface area contributed by atoms with Crippen molar-refractivity contribution in [2.24, 2.45) is 0 Å². The lowest BCUT2D eigenvalue weighted by molar-refractivity contribution is 0.0950. The number of methoxy groups -OCH3 is 1. The number of rotatable bonds is 11. The first-order valence-electron chi connectivity index (χ1n) is 11.4. The Balaban J connectivity index is 1.33. The van der Waals surface area contributed by atoms with Gasteiger partial charge in [0.15, 0.2) is 0 Å². The Morgan fingerprint density at radius 2 is 1.76 bits per heavy atom. The second-order valence-electron chi connectivity index (χ2n) is 7.88. The minimum Gasteiger partial charge on any atom is -0.496 e. The van der Waals surface area contributed by atoms with Crippen molar-refractivity contribution < 1.29 is 14.3 Å². The second-order valence-corrected chi connectivity index (χ2v) is 8.32. The van der Waals surface area contributed by atoms with Gasteiger partial charge in [0, 0.05) is 24.5 Å². The Morgan fingerprint density at radius 3 is 2.59 bits per heavy atom. The number of ether oxygens (including phenoxy) is 2. The number of aromatic nitrogens is 2. The van der Waals surface area contributed by atoms with E-state index in [1.54, 1.807) is 19.2 Å². The average Bonchev–Trinajstić information content (AvgIpc) is 3.22. The quantitative estimate of drug-likeness (QED) is 0.288. The summed E-state index contributed by atoms with van der Waals surface area (Å²) < 4.78 is 13.4. The molecule has 0 fully saturated rings. The molecule has 0 unspecified atom stereocenters. The first kappa shape index (κ1) is 23.6. The van der Waals surface area contributed by atoms with Crippen molar-refractivity contribution in [3.63, 3.8) is 0 Å². The molecule has 0 spiro atoms. The van der Waals surface area contributed by atoms with Gasteiger partial charge in [-0.1, -0.05) is 35.9 Å². The summed E-state index contributed by atoms with van der Waals surface area (Å²) in [4.78, 5) is 17.4. The van der Waals surface area contributed by atoms with Crippen LogP contribution < -0.4 is 14.8 Å². The molecule has 0 aliphatic rings. The molecule has 0 aliphatic heterocycles. The summed E-state index contributed by atoms with van der Waals surface area (Å²) in [5.41, 5.74) is 2.63. The summed E-state index contributed by atoms with van der Waals surface area (Å²) in [6.07, 6.45) is 2.39. The van der Waals surface area contributed by atoms with Crippen LogP contribution in [0.25, 0.3) is 11.0 Å². The molecule has 4 aromatic rings. The van der Waals surface area contributed by atoms with Gasteiger partial charge < -0.3 is 19.4 Å². The number of amides is 1. The van der Waals surface area contributed by atoms with Crippen molar-refractivity contribution in [1.29, 1.82) is 0 Å². The van der Waals surface area contributed by atoms with Gasteiger partial charge in [0.25, 0.3) is 5.91 Å². The maximum Gasteiger partial charge on any atom is 0.255 e. The lowest BCUT2D eigenvalue weighted by Crippen LogP contribution is -2.25. The normalized spacial score (nSPS) is 10.9. The summed E-state index contributed by atoms with van der Waals surface area (Å²) in [5, 5.41) is 3.68. The van der Waals surface area contributed by atoms with Crippen LogP contribution in [0.1, 0.15) is 29.0 Å². The summed E-state index contributed by atoms with van der Waals surface area (Å²) in [6, 6.07) is 22.8. The molecule has 0 atom stereocenters. The smallest absolute Gasteiger partial charge is 0.255 e. The molecule has 1 N–H and O–H groups in total. The number of hydrogen-bond donors (Lipinski definition) is 1. The Kier molecular flexibility index (Phi) is 8.04. The van der Waals surface area contributed by atoms with E-state index < -0.39 is 0 Å². The van der Waals surface area contributed by atoms with Crippen molar-refractivity contribution in [1.82, 2.24) is 14.9 Å². The zero-order valence-electron chi connectivity index (χ0n) is 19.2. The molecule has 1 amide bonds. The number of nitrogens with one attached hydrogen (secondary N) is 1. The Bertz CT molecular complexity index is 1240. The van der Waals surface area contributed by atoms with Gasteiger partial charge in [0.1, 0.15) is 17.3 Å². The van der Waals surface area contributed by atoms with E-state index in [2.05, 4.69) is 16.0 Å². The van der Waals surface area contributed by atoms with Crippen LogP contribution in [-0.4, -0.2) is 35.7 Å². The highest BCUT2D eigenvalue weighted by atomic mass is 35.5. The van der Waals surface area contributed by atoms with Crippen molar-refractivity contribution in [3.05, 3.63) is 89.2 Å². The van der Waals surface area contributed by atoms with Crippen molar-refractivity contribution in [2.75, 3.05) is 20.3 Å². The van der Waals surface area contributed by atoms with E-state index in [0.29, 0.717) is 29.5 Å². The van der Waals surface area contributed by atoms with E-state index in [-0.39, 0.29) is 5.91 Å². The topological polar surface area (TPSA) is 65.4 Å². The van der Waals surface area contributed by atoms with E-state index >= 15 is 0 Å². The summed E-state index contributed by atoms with van der Waals surface area (Å²) in [7, 11) is 1.57. The van der Waals surface area contributed by atoms with Crippen LogP contribution in [0, 0.1) is 0 Å². The Labute approximate surface area is 204 Å². The second kappa shape index (κ2) is 11.6. The number of para-hydroxylation sites is 3. The predicted molar refractivity (Wildman–Crippen MR) is 135 cm³/mol. The van der Waals surface area contributed by atoms with E-state index in [1.165, 1.54) is 0 Å². The molecule has 0 bridgehead atoms. The highest BCUT2D eigenvalue weighted by Gasteiger charge is 2.13. The lowest BCUT2D eigenvalue weighted by atomic mass is 10.2. The van der Waals surface area contributed by atoms with Crippen LogP contribution in [0.3, 0.4) is 0 Å². The van der Waals surface area contributed by atoms with E-state index in [4.69, 9.17) is 26.1 Å². The highest BCUT2D eigenvalue weighted by Crippen LogP contribution is 2.20. The SMILES string of the molecule is COc1ccccc1C(=O)NCCCc1nc2ccccc2n1CCCOc1ccc(Cl)cc1. The molecule has 176 valence electrons. The van der Waals surface area contributed by atoms with Gasteiger partial charge in [-0.05, 0) is 61.4 Å². The van der Waals surface area contributed by atoms with Crippen LogP contribution in [0.15, 0.2) is 72.8 Å². The van der Waals surface area contributed by atoms with Crippen molar-refractivity contribution in [3.8, 4) is 11.5 Å². The molecule has 0 aliphatic carbocycles. The summed E-state index contributed by atoms with van der Waals surface area (Å²) >= 11 is 5.93. The number of benzene rings is 3. The molecule has 3 aromatic carbocycles. The van der Waals surface area contributed by atoms with Crippen LogP contribution in [-0.2, 0) is 13.0 Å².